The van der Waals surface area contributed by atoms with Gasteiger partial charge in [0.25, 0.3) is 0 Å². The van der Waals surface area contributed by atoms with Crippen LogP contribution in [0.5, 0.6) is 0 Å². The number of aryl methyl sites for hydroxylation is 2. The van der Waals surface area contributed by atoms with Gasteiger partial charge in [-0.1, -0.05) is 24.3 Å². The maximum Gasteiger partial charge on any atom is 0.227 e. The van der Waals surface area contributed by atoms with E-state index in [0.29, 0.717) is 6.42 Å². The van der Waals surface area contributed by atoms with Crippen LogP contribution in [0.15, 0.2) is 55.0 Å². The highest BCUT2D eigenvalue weighted by atomic mass is 16.2. The molecule has 5 nitrogen and oxygen atoms in total. The summed E-state index contributed by atoms with van der Waals surface area (Å²) in [7, 11) is 1.94. The van der Waals surface area contributed by atoms with Crippen molar-refractivity contribution in [2.75, 3.05) is 6.54 Å². The lowest BCUT2D eigenvalue weighted by atomic mass is 9.94. The number of pyridine rings is 1. The predicted molar refractivity (Wildman–Crippen MR) is 110 cm³/mol. The number of piperidine rings is 1. The van der Waals surface area contributed by atoms with Gasteiger partial charge in [0.1, 0.15) is 0 Å². The monoisotopic (exact) mass is 374 g/mol. The normalized spacial score (nSPS) is 16.9. The van der Waals surface area contributed by atoms with E-state index in [2.05, 4.69) is 24.0 Å². The van der Waals surface area contributed by atoms with Crippen LogP contribution in [-0.2, 0) is 18.3 Å². The zero-order valence-electron chi connectivity index (χ0n) is 16.5. The Balaban J connectivity index is 1.65. The van der Waals surface area contributed by atoms with Crippen molar-refractivity contribution >= 4 is 5.91 Å². The molecule has 3 aromatic rings. The molecule has 3 heterocycles. The van der Waals surface area contributed by atoms with Gasteiger partial charge < -0.3 is 4.90 Å². The van der Waals surface area contributed by atoms with Gasteiger partial charge >= 0.3 is 0 Å². The summed E-state index contributed by atoms with van der Waals surface area (Å²) in [6, 6.07) is 12.2. The predicted octanol–water partition coefficient (Wildman–Crippen LogP) is 4.09. The smallest absolute Gasteiger partial charge is 0.227 e. The first-order chi connectivity index (χ1) is 13.6. The number of amides is 1. The average Bonchev–Trinajstić information content (AvgIpc) is 3.12. The molecule has 5 heteroatoms. The molecule has 28 heavy (non-hydrogen) atoms. The van der Waals surface area contributed by atoms with E-state index in [1.165, 1.54) is 5.56 Å². The summed E-state index contributed by atoms with van der Waals surface area (Å²) >= 11 is 0. The molecule has 2 aromatic heterocycles. The summed E-state index contributed by atoms with van der Waals surface area (Å²) in [5, 5.41) is 4.77. The van der Waals surface area contributed by atoms with Gasteiger partial charge in [0.05, 0.1) is 18.2 Å². The van der Waals surface area contributed by atoms with Crippen LogP contribution in [-0.4, -0.2) is 32.1 Å². The van der Waals surface area contributed by atoms with Crippen LogP contribution in [0, 0.1) is 6.92 Å². The lowest BCUT2D eigenvalue weighted by Gasteiger charge is -2.35. The number of aromatic nitrogens is 3. The van der Waals surface area contributed by atoms with Gasteiger partial charge in [-0.2, -0.15) is 5.10 Å². The SMILES string of the molecule is Cc1ccccc1CC(=O)N1CCCC[C@@H]1c1nn(C)cc1-c1ccncc1. The molecule has 0 N–H and O–H groups in total. The van der Waals surface area contributed by atoms with E-state index in [4.69, 9.17) is 5.10 Å². The molecule has 0 spiro atoms. The maximum atomic E-state index is 13.2. The van der Waals surface area contributed by atoms with Gasteiger partial charge in [-0.3, -0.25) is 14.5 Å². The van der Waals surface area contributed by atoms with E-state index < -0.39 is 0 Å². The Hall–Kier alpha value is -2.95. The molecule has 1 aliphatic heterocycles. The Bertz CT molecular complexity index is 964. The van der Waals surface area contributed by atoms with Crippen LogP contribution in [0.3, 0.4) is 0 Å². The maximum absolute atomic E-state index is 13.2. The summed E-state index contributed by atoms with van der Waals surface area (Å²) in [6.07, 6.45) is 9.21. The Morgan fingerprint density at radius 1 is 1.14 bits per heavy atom. The van der Waals surface area contributed by atoms with E-state index >= 15 is 0 Å². The second-order valence-corrected chi connectivity index (χ2v) is 7.54. The minimum Gasteiger partial charge on any atom is -0.334 e. The highest BCUT2D eigenvalue weighted by Gasteiger charge is 2.31. The third kappa shape index (κ3) is 3.70. The van der Waals surface area contributed by atoms with Crippen LogP contribution in [0.2, 0.25) is 0 Å². The molecule has 0 aliphatic carbocycles. The summed E-state index contributed by atoms with van der Waals surface area (Å²) in [4.78, 5) is 19.4. The van der Waals surface area contributed by atoms with Gasteiger partial charge in [-0.15, -0.1) is 0 Å². The molecule has 1 atom stereocenters. The van der Waals surface area contributed by atoms with Gasteiger partial charge in [0, 0.05) is 37.7 Å². The van der Waals surface area contributed by atoms with Crippen LogP contribution in [0.25, 0.3) is 11.1 Å². The number of rotatable bonds is 4. The van der Waals surface area contributed by atoms with E-state index in [9.17, 15) is 4.79 Å². The zero-order valence-corrected chi connectivity index (χ0v) is 16.5. The summed E-state index contributed by atoms with van der Waals surface area (Å²) < 4.78 is 1.85. The first-order valence-electron chi connectivity index (χ1n) is 9.91. The molecule has 0 unspecified atom stereocenters. The molecule has 1 amide bonds. The average molecular weight is 374 g/mol. The van der Waals surface area contributed by atoms with Crippen molar-refractivity contribution in [1.82, 2.24) is 19.7 Å². The number of benzene rings is 1. The topological polar surface area (TPSA) is 51.0 Å². The van der Waals surface area contributed by atoms with Crippen LogP contribution >= 0.6 is 0 Å². The number of carbonyl (C=O) groups excluding carboxylic acids is 1. The molecule has 0 saturated carbocycles. The van der Waals surface area contributed by atoms with Crippen molar-refractivity contribution < 1.29 is 4.79 Å². The fraction of sp³-hybridized carbons (Fsp3) is 0.348. The minimum atomic E-state index is 0.0228. The third-order valence-corrected chi connectivity index (χ3v) is 5.59. The second kappa shape index (κ2) is 7.97. The van der Waals surface area contributed by atoms with E-state index in [0.717, 1.165) is 48.2 Å². The standard InChI is InChI=1S/C23H26N4O/c1-17-7-3-4-8-19(17)15-22(28)27-14-6-5-9-21(27)23-20(16-26(2)25-23)18-10-12-24-13-11-18/h3-4,7-8,10-13,16,21H,5-6,9,14-15H2,1-2H3/t21-/m1/s1. The van der Waals surface area contributed by atoms with Crippen LogP contribution in [0.1, 0.15) is 42.1 Å². The fourth-order valence-electron chi connectivity index (χ4n) is 4.09. The highest BCUT2D eigenvalue weighted by Crippen LogP contribution is 2.36. The number of carbonyl (C=O) groups is 1. The largest absolute Gasteiger partial charge is 0.334 e. The third-order valence-electron chi connectivity index (χ3n) is 5.59. The van der Waals surface area contributed by atoms with Crippen molar-refractivity contribution in [2.24, 2.45) is 7.05 Å². The van der Waals surface area contributed by atoms with Crippen LogP contribution < -0.4 is 0 Å². The second-order valence-electron chi connectivity index (χ2n) is 7.54. The summed E-state index contributed by atoms with van der Waals surface area (Å²) in [6.45, 7) is 2.86. The highest BCUT2D eigenvalue weighted by molar-refractivity contribution is 5.80. The van der Waals surface area contributed by atoms with Gasteiger partial charge in [-0.25, -0.2) is 0 Å². The quantitative estimate of drug-likeness (QED) is 0.691. The molecule has 0 radical (unpaired) electrons. The molecule has 0 bridgehead atoms. The molecule has 4 rings (SSSR count). The molecule has 1 aliphatic rings. The van der Waals surface area contributed by atoms with Crippen molar-refractivity contribution in [3.63, 3.8) is 0 Å². The molecule has 1 aromatic carbocycles. The van der Waals surface area contributed by atoms with Crippen molar-refractivity contribution in [3.8, 4) is 11.1 Å². The van der Waals surface area contributed by atoms with Crippen LogP contribution in [0.4, 0.5) is 0 Å². The first kappa shape index (κ1) is 18.4. The first-order valence-corrected chi connectivity index (χ1v) is 9.91. The van der Waals surface area contributed by atoms with Gasteiger partial charge in [0.2, 0.25) is 5.91 Å². The molecule has 1 fully saturated rings. The Morgan fingerprint density at radius 2 is 1.93 bits per heavy atom. The van der Waals surface area contributed by atoms with Crippen molar-refractivity contribution in [3.05, 3.63) is 71.8 Å². The Morgan fingerprint density at radius 3 is 2.71 bits per heavy atom. The summed E-state index contributed by atoms with van der Waals surface area (Å²) in [5.41, 5.74) is 5.44. The number of nitrogens with zero attached hydrogens (tertiary/aromatic N) is 4. The summed E-state index contributed by atoms with van der Waals surface area (Å²) in [5.74, 6) is 0.185. The van der Waals surface area contributed by atoms with Crippen molar-refractivity contribution in [1.29, 1.82) is 0 Å². The number of likely N-dealkylation sites (tertiary alicyclic amines) is 1. The van der Waals surface area contributed by atoms with Crippen molar-refractivity contribution in [2.45, 2.75) is 38.6 Å². The van der Waals surface area contributed by atoms with E-state index in [-0.39, 0.29) is 11.9 Å². The lowest BCUT2D eigenvalue weighted by molar-refractivity contribution is -0.134. The lowest BCUT2D eigenvalue weighted by Crippen LogP contribution is -2.39. The number of hydrogen-bond acceptors (Lipinski definition) is 3. The Kier molecular flexibility index (Phi) is 5.24. The molecule has 144 valence electrons. The van der Waals surface area contributed by atoms with E-state index in [1.54, 1.807) is 12.4 Å². The van der Waals surface area contributed by atoms with Gasteiger partial charge in [0.15, 0.2) is 0 Å². The minimum absolute atomic E-state index is 0.0228. The molecular weight excluding hydrogens is 348 g/mol. The molecular formula is C23H26N4O. The number of hydrogen-bond donors (Lipinski definition) is 0. The fourth-order valence-corrected chi connectivity index (χ4v) is 4.09. The van der Waals surface area contributed by atoms with Gasteiger partial charge in [-0.05, 0) is 55.0 Å². The zero-order chi connectivity index (χ0) is 19.5. The van der Waals surface area contributed by atoms with E-state index in [1.807, 2.05) is 47.1 Å². The molecule has 1 saturated heterocycles. The Labute approximate surface area is 166 Å².